The summed E-state index contributed by atoms with van der Waals surface area (Å²) in [6, 6.07) is 4.43. The molecule has 4 aliphatic heterocycles. The van der Waals surface area contributed by atoms with E-state index < -0.39 is 23.8 Å². The number of fused-ring (bicyclic) bond motifs is 1. The third-order valence-corrected chi connectivity index (χ3v) is 7.57. The SMILES string of the molecule is O=C1CCC(N2C(=O)c3ccc(N4CCN(CCCCN5CCNCC5)CC4)cc3C2=O)C(=O)N1. The van der Waals surface area contributed by atoms with Crippen molar-refractivity contribution in [2.45, 2.75) is 31.7 Å². The lowest BCUT2D eigenvalue weighted by Gasteiger charge is -2.36. The van der Waals surface area contributed by atoms with E-state index >= 15 is 0 Å². The fourth-order valence-corrected chi connectivity index (χ4v) is 5.49. The number of carbonyl (C=O) groups excluding carboxylic acids is 4. The van der Waals surface area contributed by atoms with Gasteiger partial charge in [0.25, 0.3) is 11.8 Å². The van der Waals surface area contributed by atoms with Gasteiger partial charge in [0.05, 0.1) is 11.1 Å². The van der Waals surface area contributed by atoms with Gasteiger partial charge in [0.1, 0.15) is 6.04 Å². The van der Waals surface area contributed by atoms with Crippen LogP contribution in [0.2, 0.25) is 0 Å². The van der Waals surface area contributed by atoms with Gasteiger partial charge in [-0.2, -0.15) is 0 Å². The summed E-state index contributed by atoms with van der Waals surface area (Å²) >= 11 is 0. The highest BCUT2D eigenvalue weighted by molar-refractivity contribution is 6.23. The molecule has 10 nitrogen and oxygen atoms in total. The Labute approximate surface area is 205 Å². The number of nitrogens with one attached hydrogen (secondary N) is 2. The van der Waals surface area contributed by atoms with Crippen LogP contribution in [0.25, 0.3) is 0 Å². The number of piperidine rings is 1. The van der Waals surface area contributed by atoms with Gasteiger partial charge in [-0.1, -0.05) is 0 Å². The zero-order valence-corrected chi connectivity index (χ0v) is 20.1. The second kappa shape index (κ2) is 10.4. The number of piperazine rings is 2. The number of carbonyl (C=O) groups is 4. The number of hydrogen-bond donors (Lipinski definition) is 2. The standard InChI is InChI=1S/C25H34N6O4/c32-22-6-5-21(23(33)27-22)31-24(34)19-4-3-18(17-20(19)25(31)35)30-15-13-29(14-16-30)10-2-1-9-28-11-7-26-8-12-28/h3-4,17,21,26H,1-2,5-16H2,(H,27,32,33). The van der Waals surface area contributed by atoms with Crippen molar-refractivity contribution in [3.8, 4) is 0 Å². The predicted molar refractivity (Wildman–Crippen MR) is 130 cm³/mol. The number of benzene rings is 1. The Morgan fingerprint density at radius 2 is 1.46 bits per heavy atom. The minimum Gasteiger partial charge on any atom is -0.369 e. The number of rotatable bonds is 7. The van der Waals surface area contributed by atoms with E-state index in [0.29, 0.717) is 11.1 Å². The highest BCUT2D eigenvalue weighted by atomic mass is 16.2. The van der Waals surface area contributed by atoms with Crippen LogP contribution in [0, 0.1) is 0 Å². The molecule has 3 fully saturated rings. The van der Waals surface area contributed by atoms with Crippen LogP contribution in [-0.4, -0.2) is 110 Å². The third-order valence-electron chi connectivity index (χ3n) is 7.57. The first-order valence-corrected chi connectivity index (χ1v) is 12.8. The number of unbranched alkanes of at least 4 members (excludes halogenated alkanes) is 1. The van der Waals surface area contributed by atoms with Gasteiger partial charge in [0.2, 0.25) is 11.8 Å². The molecule has 10 heteroatoms. The minimum absolute atomic E-state index is 0.120. The Morgan fingerprint density at radius 3 is 2.14 bits per heavy atom. The fraction of sp³-hybridized carbons (Fsp3) is 0.600. The second-order valence-electron chi connectivity index (χ2n) is 9.80. The highest BCUT2D eigenvalue weighted by Crippen LogP contribution is 2.31. The van der Waals surface area contributed by atoms with Crippen molar-refractivity contribution in [3.63, 3.8) is 0 Å². The van der Waals surface area contributed by atoms with Crippen molar-refractivity contribution < 1.29 is 19.2 Å². The average molecular weight is 483 g/mol. The molecule has 4 heterocycles. The molecule has 35 heavy (non-hydrogen) atoms. The maximum Gasteiger partial charge on any atom is 0.262 e. The topological polar surface area (TPSA) is 105 Å². The molecule has 1 atom stereocenters. The lowest BCUT2D eigenvalue weighted by molar-refractivity contribution is -0.136. The zero-order valence-electron chi connectivity index (χ0n) is 20.1. The molecule has 0 radical (unpaired) electrons. The molecule has 0 spiro atoms. The fourth-order valence-electron chi connectivity index (χ4n) is 5.49. The number of anilines is 1. The summed E-state index contributed by atoms with van der Waals surface area (Å²) in [6.45, 7) is 10.5. The lowest BCUT2D eigenvalue weighted by atomic mass is 10.0. The van der Waals surface area contributed by atoms with Crippen molar-refractivity contribution in [2.75, 3.05) is 70.3 Å². The Bertz CT molecular complexity index is 1000. The molecule has 188 valence electrons. The Kier molecular flexibility index (Phi) is 7.12. The van der Waals surface area contributed by atoms with Crippen LogP contribution in [0.1, 0.15) is 46.4 Å². The van der Waals surface area contributed by atoms with Gasteiger partial charge in [-0.25, -0.2) is 0 Å². The summed E-state index contributed by atoms with van der Waals surface area (Å²) in [4.78, 5) is 58.0. The molecule has 1 unspecified atom stereocenters. The van der Waals surface area contributed by atoms with E-state index in [1.807, 2.05) is 6.07 Å². The third kappa shape index (κ3) is 5.10. The molecule has 3 saturated heterocycles. The molecule has 1 aromatic carbocycles. The van der Waals surface area contributed by atoms with Crippen molar-refractivity contribution in [2.24, 2.45) is 0 Å². The van der Waals surface area contributed by atoms with E-state index in [4.69, 9.17) is 0 Å². The number of nitrogens with zero attached hydrogens (tertiary/aromatic N) is 4. The van der Waals surface area contributed by atoms with Crippen molar-refractivity contribution in [3.05, 3.63) is 29.3 Å². The van der Waals surface area contributed by atoms with Crippen LogP contribution >= 0.6 is 0 Å². The summed E-state index contributed by atoms with van der Waals surface area (Å²) in [5.74, 6) is -1.87. The normalized spacial score (nSPS) is 24.2. The maximum absolute atomic E-state index is 13.1. The summed E-state index contributed by atoms with van der Waals surface area (Å²) < 4.78 is 0. The van der Waals surface area contributed by atoms with Gasteiger partial charge in [-0.15, -0.1) is 0 Å². The quantitative estimate of drug-likeness (QED) is 0.410. The van der Waals surface area contributed by atoms with E-state index in [-0.39, 0.29) is 18.7 Å². The first-order valence-electron chi connectivity index (χ1n) is 12.8. The van der Waals surface area contributed by atoms with Gasteiger partial charge in [0.15, 0.2) is 0 Å². The van der Waals surface area contributed by atoms with E-state index in [2.05, 4.69) is 25.3 Å². The van der Waals surface area contributed by atoms with Crippen molar-refractivity contribution >= 4 is 29.3 Å². The minimum atomic E-state index is -0.932. The van der Waals surface area contributed by atoms with Gasteiger partial charge in [-0.3, -0.25) is 34.3 Å². The van der Waals surface area contributed by atoms with Gasteiger partial charge in [0, 0.05) is 64.5 Å². The Hall–Kier alpha value is -2.82. The smallest absolute Gasteiger partial charge is 0.262 e. The monoisotopic (exact) mass is 482 g/mol. The largest absolute Gasteiger partial charge is 0.369 e. The summed E-state index contributed by atoms with van der Waals surface area (Å²) in [7, 11) is 0. The molecule has 5 rings (SSSR count). The summed E-state index contributed by atoms with van der Waals surface area (Å²) in [5, 5.41) is 5.63. The molecule has 0 saturated carbocycles. The summed E-state index contributed by atoms with van der Waals surface area (Å²) in [5.41, 5.74) is 1.59. The molecule has 4 amide bonds. The van der Waals surface area contributed by atoms with Crippen molar-refractivity contribution in [1.82, 2.24) is 25.3 Å². The van der Waals surface area contributed by atoms with Crippen LogP contribution in [-0.2, 0) is 9.59 Å². The average Bonchev–Trinajstić information content (AvgIpc) is 3.12. The van der Waals surface area contributed by atoms with Gasteiger partial charge < -0.3 is 15.1 Å². The molecule has 0 aromatic heterocycles. The molecular weight excluding hydrogens is 448 g/mol. The van der Waals surface area contributed by atoms with Gasteiger partial charge in [-0.05, 0) is 50.6 Å². The van der Waals surface area contributed by atoms with E-state index in [9.17, 15) is 19.2 Å². The predicted octanol–water partition coefficient (Wildman–Crippen LogP) is -0.105. The van der Waals surface area contributed by atoms with Crippen LogP contribution in [0.3, 0.4) is 0 Å². The van der Waals surface area contributed by atoms with E-state index in [0.717, 1.165) is 69.5 Å². The molecule has 0 aliphatic carbocycles. The molecule has 2 N–H and O–H groups in total. The molecule has 4 aliphatic rings. The number of imide groups is 2. The zero-order chi connectivity index (χ0) is 24.4. The second-order valence-corrected chi connectivity index (χ2v) is 9.80. The van der Waals surface area contributed by atoms with Crippen molar-refractivity contribution in [1.29, 1.82) is 0 Å². The number of amides is 4. The first-order chi connectivity index (χ1) is 17.0. The van der Waals surface area contributed by atoms with Crippen LogP contribution in [0.4, 0.5) is 5.69 Å². The Morgan fingerprint density at radius 1 is 0.800 bits per heavy atom. The molecular formula is C25H34N6O4. The van der Waals surface area contributed by atoms with E-state index in [1.165, 1.54) is 19.4 Å². The maximum atomic E-state index is 13.1. The van der Waals surface area contributed by atoms with Crippen LogP contribution in [0.15, 0.2) is 18.2 Å². The number of hydrogen-bond acceptors (Lipinski definition) is 8. The highest BCUT2D eigenvalue weighted by Gasteiger charge is 2.44. The lowest BCUT2D eigenvalue weighted by Crippen LogP contribution is -2.54. The molecule has 1 aromatic rings. The van der Waals surface area contributed by atoms with Gasteiger partial charge >= 0.3 is 0 Å². The molecule has 0 bridgehead atoms. The first kappa shape index (κ1) is 23.9. The van der Waals surface area contributed by atoms with E-state index in [1.54, 1.807) is 12.1 Å². The summed E-state index contributed by atoms with van der Waals surface area (Å²) in [6.07, 6.45) is 2.72. The Balaban J connectivity index is 1.13. The van der Waals surface area contributed by atoms with Crippen LogP contribution < -0.4 is 15.5 Å². The van der Waals surface area contributed by atoms with Crippen LogP contribution in [0.5, 0.6) is 0 Å².